The van der Waals surface area contributed by atoms with Gasteiger partial charge in [-0.1, -0.05) is 47.6 Å². The van der Waals surface area contributed by atoms with Crippen LogP contribution < -0.4 is 5.73 Å². The lowest BCUT2D eigenvalue weighted by Gasteiger charge is -2.31. The summed E-state index contributed by atoms with van der Waals surface area (Å²) >= 11 is 0. The number of hydrogen-bond acceptors (Lipinski definition) is 2. The molecule has 1 aromatic carbocycles. The molecular formula is C17H24F5NO. The van der Waals surface area contributed by atoms with Crippen molar-refractivity contribution in [2.24, 2.45) is 5.73 Å². The first-order valence-electron chi connectivity index (χ1n) is 7.48. The standard InChI is InChI=1S/C17H24F5NO/c1-14(2,3)9-7-10(12(24)11(8-9)15(4,5)6)13(23)16(18,19)17(20,21)22/h7-8,13,24H,23H2,1-6H3/t13-/m0/s1. The van der Waals surface area contributed by atoms with E-state index in [0.29, 0.717) is 5.56 Å². The zero-order valence-electron chi connectivity index (χ0n) is 14.6. The predicted octanol–water partition coefficient (Wildman–Crippen LogP) is 5.18. The summed E-state index contributed by atoms with van der Waals surface area (Å²) in [4.78, 5) is 0. The van der Waals surface area contributed by atoms with Crippen molar-refractivity contribution in [2.75, 3.05) is 0 Å². The maximum atomic E-state index is 13.7. The number of nitrogens with two attached hydrogens (primary N) is 1. The molecule has 0 saturated heterocycles. The highest BCUT2D eigenvalue weighted by Crippen LogP contribution is 2.47. The lowest BCUT2D eigenvalue weighted by atomic mass is 9.77. The average molecular weight is 353 g/mol. The SMILES string of the molecule is CC(C)(C)c1cc([C@H](N)C(F)(F)C(F)(F)F)c(O)c(C(C)(C)C)c1. The summed E-state index contributed by atoms with van der Waals surface area (Å²) in [6, 6.07) is 0.0625. The molecule has 1 atom stereocenters. The molecule has 0 unspecified atom stereocenters. The Kier molecular flexibility index (Phi) is 5.05. The van der Waals surface area contributed by atoms with Crippen LogP contribution in [0.2, 0.25) is 0 Å². The molecule has 1 aromatic rings. The summed E-state index contributed by atoms with van der Waals surface area (Å²) in [5, 5.41) is 10.3. The number of phenolic OH excluding ortho intramolecular Hbond substituents is 1. The number of phenols is 1. The fourth-order valence-corrected chi connectivity index (χ4v) is 2.27. The van der Waals surface area contributed by atoms with E-state index in [1.165, 1.54) is 0 Å². The van der Waals surface area contributed by atoms with E-state index in [-0.39, 0.29) is 5.56 Å². The van der Waals surface area contributed by atoms with E-state index in [1.807, 2.05) is 0 Å². The van der Waals surface area contributed by atoms with Gasteiger partial charge >= 0.3 is 12.1 Å². The highest BCUT2D eigenvalue weighted by Gasteiger charge is 2.62. The molecule has 0 aliphatic rings. The number of hydrogen-bond donors (Lipinski definition) is 2. The van der Waals surface area contributed by atoms with Crippen LogP contribution in [0.5, 0.6) is 5.75 Å². The van der Waals surface area contributed by atoms with Crippen LogP contribution in [0.15, 0.2) is 12.1 Å². The smallest absolute Gasteiger partial charge is 0.455 e. The minimum atomic E-state index is -5.81. The van der Waals surface area contributed by atoms with Crippen molar-refractivity contribution >= 4 is 0 Å². The Morgan fingerprint density at radius 2 is 1.33 bits per heavy atom. The molecule has 0 heterocycles. The van der Waals surface area contributed by atoms with E-state index < -0.39 is 40.3 Å². The lowest BCUT2D eigenvalue weighted by molar-refractivity contribution is -0.291. The molecule has 0 bridgehead atoms. The monoisotopic (exact) mass is 353 g/mol. The average Bonchev–Trinajstić information content (AvgIpc) is 2.33. The van der Waals surface area contributed by atoms with Gasteiger partial charge in [-0.05, 0) is 28.0 Å². The third-order valence-corrected chi connectivity index (χ3v) is 3.92. The maximum Gasteiger partial charge on any atom is 0.455 e. The Balaban J connectivity index is 3.70. The molecule has 0 saturated carbocycles. The largest absolute Gasteiger partial charge is 0.507 e. The molecule has 3 N–H and O–H groups in total. The number of aromatic hydroxyl groups is 1. The van der Waals surface area contributed by atoms with Crippen molar-refractivity contribution in [3.63, 3.8) is 0 Å². The summed E-state index contributed by atoms with van der Waals surface area (Å²) in [6.45, 7) is 10.6. The summed E-state index contributed by atoms with van der Waals surface area (Å²) in [5.74, 6) is -5.78. The Morgan fingerprint density at radius 3 is 1.67 bits per heavy atom. The molecule has 2 nitrogen and oxygen atoms in total. The normalized spacial score (nSPS) is 15.5. The molecule has 0 aliphatic heterocycles. The zero-order chi connectivity index (χ0) is 19.3. The Labute approximate surface area is 138 Å². The lowest BCUT2D eigenvalue weighted by Crippen LogP contribution is -2.46. The fourth-order valence-electron chi connectivity index (χ4n) is 2.27. The van der Waals surface area contributed by atoms with Crippen molar-refractivity contribution in [1.29, 1.82) is 0 Å². The van der Waals surface area contributed by atoms with E-state index in [2.05, 4.69) is 0 Å². The van der Waals surface area contributed by atoms with E-state index in [4.69, 9.17) is 5.73 Å². The molecule has 24 heavy (non-hydrogen) atoms. The van der Waals surface area contributed by atoms with Gasteiger partial charge in [0, 0.05) is 5.56 Å². The minimum absolute atomic E-state index is 0.276. The van der Waals surface area contributed by atoms with Gasteiger partial charge in [0.2, 0.25) is 0 Å². The Morgan fingerprint density at radius 1 is 0.875 bits per heavy atom. The topological polar surface area (TPSA) is 46.2 Å². The van der Waals surface area contributed by atoms with Gasteiger partial charge in [-0.25, -0.2) is 0 Å². The summed E-state index contributed by atoms with van der Waals surface area (Å²) in [6.07, 6.45) is -5.81. The van der Waals surface area contributed by atoms with Gasteiger partial charge in [-0.15, -0.1) is 0 Å². The molecule has 0 fully saturated rings. The number of benzene rings is 1. The van der Waals surface area contributed by atoms with Gasteiger partial charge in [-0.2, -0.15) is 22.0 Å². The van der Waals surface area contributed by atoms with E-state index in [1.54, 1.807) is 47.6 Å². The van der Waals surface area contributed by atoms with Gasteiger partial charge < -0.3 is 10.8 Å². The van der Waals surface area contributed by atoms with Crippen LogP contribution in [0, 0.1) is 0 Å². The van der Waals surface area contributed by atoms with E-state index in [0.717, 1.165) is 6.07 Å². The van der Waals surface area contributed by atoms with E-state index >= 15 is 0 Å². The zero-order valence-corrected chi connectivity index (χ0v) is 14.6. The van der Waals surface area contributed by atoms with Crippen molar-refractivity contribution in [3.05, 3.63) is 28.8 Å². The van der Waals surface area contributed by atoms with Crippen LogP contribution in [-0.4, -0.2) is 17.2 Å². The quantitative estimate of drug-likeness (QED) is 0.719. The number of alkyl halides is 5. The first-order valence-corrected chi connectivity index (χ1v) is 7.48. The summed E-state index contributed by atoms with van der Waals surface area (Å²) in [5.41, 5.74) is 4.27. The van der Waals surface area contributed by atoms with Gasteiger partial charge in [0.15, 0.2) is 0 Å². The number of halogens is 5. The molecule has 0 aliphatic carbocycles. The molecule has 0 aromatic heterocycles. The van der Waals surface area contributed by atoms with Crippen LogP contribution in [0.1, 0.15) is 64.3 Å². The van der Waals surface area contributed by atoms with E-state index in [9.17, 15) is 27.1 Å². The number of rotatable bonds is 2. The maximum absolute atomic E-state index is 13.7. The predicted molar refractivity (Wildman–Crippen MR) is 83.4 cm³/mol. The van der Waals surface area contributed by atoms with Crippen molar-refractivity contribution in [1.82, 2.24) is 0 Å². The highest BCUT2D eigenvalue weighted by molar-refractivity contribution is 5.50. The Hall–Kier alpha value is -1.37. The molecule has 1 rings (SSSR count). The molecular weight excluding hydrogens is 329 g/mol. The fraction of sp³-hybridized carbons (Fsp3) is 0.647. The second-order valence-electron chi connectivity index (χ2n) is 8.06. The van der Waals surface area contributed by atoms with Crippen LogP contribution in [0.3, 0.4) is 0 Å². The second kappa shape index (κ2) is 5.86. The van der Waals surface area contributed by atoms with Crippen molar-refractivity contribution in [3.8, 4) is 5.75 Å². The minimum Gasteiger partial charge on any atom is -0.507 e. The van der Waals surface area contributed by atoms with Crippen LogP contribution in [0.4, 0.5) is 22.0 Å². The van der Waals surface area contributed by atoms with Crippen LogP contribution in [0.25, 0.3) is 0 Å². The highest BCUT2D eigenvalue weighted by atomic mass is 19.4. The van der Waals surface area contributed by atoms with Crippen molar-refractivity contribution in [2.45, 2.75) is 70.5 Å². The molecule has 0 amide bonds. The third kappa shape index (κ3) is 3.82. The van der Waals surface area contributed by atoms with Gasteiger partial charge in [-0.3, -0.25) is 0 Å². The summed E-state index contributed by atoms with van der Waals surface area (Å²) < 4.78 is 65.3. The Bertz CT molecular complexity index is 609. The third-order valence-electron chi connectivity index (χ3n) is 3.92. The van der Waals surface area contributed by atoms with Gasteiger partial charge in [0.05, 0.1) is 0 Å². The van der Waals surface area contributed by atoms with Gasteiger partial charge in [0.1, 0.15) is 11.8 Å². The van der Waals surface area contributed by atoms with Crippen molar-refractivity contribution < 1.29 is 27.1 Å². The van der Waals surface area contributed by atoms with Crippen LogP contribution >= 0.6 is 0 Å². The molecule has 0 spiro atoms. The second-order valence-corrected chi connectivity index (χ2v) is 8.06. The van der Waals surface area contributed by atoms with Gasteiger partial charge in [0.25, 0.3) is 0 Å². The summed E-state index contributed by atoms with van der Waals surface area (Å²) in [7, 11) is 0. The first kappa shape index (κ1) is 20.7. The molecule has 0 radical (unpaired) electrons. The van der Waals surface area contributed by atoms with Crippen LogP contribution in [-0.2, 0) is 10.8 Å². The molecule has 7 heteroatoms. The molecule has 138 valence electrons. The first-order chi connectivity index (χ1) is 10.4.